The number of ether oxygens (including phenoxy) is 2. The number of methoxy groups -OCH3 is 2. The zero-order chi connectivity index (χ0) is 20.5. The van der Waals surface area contributed by atoms with Crippen LogP contribution in [0, 0.1) is 0 Å². The normalized spacial score (nSPS) is 10.1. The van der Waals surface area contributed by atoms with Crippen molar-refractivity contribution in [3.63, 3.8) is 0 Å². The quantitative estimate of drug-likeness (QED) is 0.539. The number of amides is 2. The molecule has 0 aliphatic carbocycles. The number of aryl methyl sites for hydroxylation is 1. The van der Waals surface area contributed by atoms with Crippen molar-refractivity contribution in [3.05, 3.63) is 59.2 Å². The summed E-state index contributed by atoms with van der Waals surface area (Å²) in [6, 6.07) is 12.0. The van der Waals surface area contributed by atoms with Crippen LogP contribution in [0.25, 0.3) is 0 Å². The van der Waals surface area contributed by atoms with E-state index < -0.39 is 11.8 Å². The molecule has 0 aliphatic rings. The van der Waals surface area contributed by atoms with Gasteiger partial charge in [0, 0.05) is 24.0 Å². The first-order chi connectivity index (χ1) is 13.5. The molecule has 0 aliphatic heterocycles. The second-order valence-electron chi connectivity index (χ2n) is 6.05. The Hall–Kier alpha value is -3.35. The number of carbonyl (C=O) groups excluding carboxylic acids is 3. The van der Waals surface area contributed by atoms with Crippen LogP contribution in [0.1, 0.15) is 46.0 Å². The van der Waals surface area contributed by atoms with Gasteiger partial charge in [0.1, 0.15) is 0 Å². The standard InChI is InChI=1S/C21H24N2O5/c1-4-14-5-7-15(8-6-14)17(24)10-12-20(25)22-23-21(26)16-9-11-18(27-2)19(13-16)28-3/h5-9,11,13H,4,10,12H2,1-3H3,(H,22,25)(H,23,26). The van der Waals surface area contributed by atoms with Crippen molar-refractivity contribution in [3.8, 4) is 11.5 Å². The molecule has 0 radical (unpaired) electrons. The predicted octanol–water partition coefficient (Wildman–Crippen LogP) is 2.69. The number of carbonyl (C=O) groups is 3. The van der Waals surface area contributed by atoms with Crippen molar-refractivity contribution in [2.45, 2.75) is 26.2 Å². The Morgan fingerprint density at radius 2 is 1.46 bits per heavy atom. The lowest BCUT2D eigenvalue weighted by molar-refractivity contribution is -0.121. The largest absolute Gasteiger partial charge is 0.493 e. The minimum atomic E-state index is -0.504. The van der Waals surface area contributed by atoms with E-state index in [-0.39, 0.29) is 18.6 Å². The topological polar surface area (TPSA) is 93.7 Å². The maximum absolute atomic E-state index is 12.1. The number of hydrogen-bond acceptors (Lipinski definition) is 5. The summed E-state index contributed by atoms with van der Waals surface area (Å²) in [7, 11) is 2.96. The number of benzene rings is 2. The zero-order valence-electron chi connectivity index (χ0n) is 16.2. The van der Waals surface area contributed by atoms with Crippen LogP contribution in [0.3, 0.4) is 0 Å². The molecule has 2 rings (SSSR count). The summed E-state index contributed by atoms with van der Waals surface area (Å²) in [4.78, 5) is 36.2. The van der Waals surface area contributed by atoms with Crippen LogP contribution in [-0.2, 0) is 11.2 Å². The second kappa shape index (κ2) is 10.1. The molecule has 0 fully saturated rings. The zero-order valence-corrected chi connectivity index (χ0v) is 16.2. The Morgan fingerprint density at radius 1 is 0.821 bits per heavy atom. The van der Waals surface area contributed by atoms with E-state index in [2.05, 4.69) is 10.9 Å². The third-order valence-corrected chi connectivity index (χ3v) is 4.22. The van der Waals surface area contributed by atoms with Crippen molar-refractivity contribution in [2.75, 3.05) is 14.2 Å². The first-order valence-electron chi connectivity index (χ1n) is 8.91. The molecule has 0 aromatic heterocycles. The third-order valence-electron chi connectivity index (χ3n) is 4.22. The molecule has 2 aromatic carbocycles. The highest BCUT2D eigenvalue weighted by Crippen LogP contribution is 2.27. The van der Waals surface area contributed by atoms with Crippen LogP contribution in [0.15, 0.2) is 42.5 Å². The van der Waals surface area contributed by atoms with Crippen LogP contribution < -0.4 is 20.3 Å². The number of Topliss-reactive ketones (excluding diaryl/α,β-unsaturated/α-hetero) is 1. The van der Waals surface area contributed by atoms with E-state index in [4.69, 9.17) is 9.47 Å². The molecular weight excluding hydrogens is 360 g/mol. The molecule has 0 unspecified atom stereocenters. The van der Waals surface area contributed by atoms with E-state index in [9.17, 15) is 14.4 Å². The van der Waals surface area contributed by atoms with Gasteiger partial charge in [-0.05, 0) is 30.2 Å². The molecule has 2 aromatic rings. The van der Waals surface area contributed by atoms with Crippen molar-refractivity contribution in [2.24, 2.45) is 0 Å². The van der Waals surface area contributed by atoms with Gasteiger partial charge < -0.3 is 9.47 Å². The molecule has 2 N–H and O–H groups in total. The first kappa shape index (κ1) is 21.0. The first-order valence-corrected chi connectivity index (χ1v) is 8.91. The summed E-state index contributed by atoms with van der Waals surface area (Å²) >= 11 is 0. The van der Waals surface area contributed by atoms with E-state index >= 15 is 0 Å². The molecule has 0 saturated carbocycles. The van der Waals surface area contributed by atoms with Gasteiger partial charge in [0.25, 0.3) is 5.91 Å². The summed E-state index contributed by atoms with van der Waals surface area (Å²) in [5.41, 5.74) is 6.64. The van der Waals surface area contributed by atoms with Crippen LogP contribution >= 0.6 is 0 Å². The lowest BCUT2D eigenvalue weighted by Crippen LogP contribution is -2.41. The van der Waals surface area contributed by atoms with E-state index in [1.165, 1.54) is 20.3 Å². The Bertz CT molecular complexity index is 846. The summed E-state index contributed by atoms with van der Waals surface area (Å²) in [5, 5.41) is 0. The number of hydrazine groups is 1. The van der Waals surface area contributed by atoms with Crippen LogP contribution in [0.2, 0.25) is 0 Å². The van der Waals surface area contributed by atoms with Gasteiger partial charge in [-0.2, -0.15) is 0 Å². The average Bonchev–Trinajstić information content (AvgIpc) is 2.75. The molecule has 0 heterocycles. The molecule has 148 valence electrons. The lowest BCUT2D eigenvalue weighted by atomic mass is 10.0. The molecular formula is C21H24N2O5. The second-order valence-corrected chi connectivity index (χ2v) is 6.05. The van der Waals surface area contributed by atoms with Crippen LogP contribution in [-0.4, -0.2) is 31.8 Å². The molecule has 0 saturated heterocycles. The van der Waals surface area contributed by atoms with Crippen molar-refractivity contribution in [1.82, 2.24) is 10.9 Å². The number of nitrogens with one attached hydrogen (secondary N) is 2. The van der Waals surface area contributed by atoms with Gasteiger partial charge in [0.15, 0.2) is 17.3 Å². The predicted molar refractivity (Wildman–Crippen MR) is 105 cm³/mol. The number of ketones is 1. The minimum absolute atomic E-state index is 0.0272. The number of rotatable bonds is 8. The molecule has 2 amide bonds. The smallest absolute Gasteiger partial charge is 0.269 e. The van der Waals surface area contributed by atoms with E-state index in [1.807, 2.05) is 19.1 Å². The fourth-order valence-electron chi connectivity index (χ4n) is 2.54. The maximum atomic E-state index is 12.1. The third kappa shape index (κ3) is 5.57. The number of hydrogen-bond donors (Lipinski definition) is 2. The van der Waals surface area contributed by atoms with Gasteiger partial charge in [-0.1, -0.05) is 31.2 Å². The van der Waals surface area contributed by atoms with E-state index in [1.54, 1.807) is 24.3 Å². The van der Waals surface area contributed by atoms with E-state index in [0.717, 1.165) is 12.0 Å². The molecule has 7 nitrogen and oxygen atoms in total. The van der Waals surface area contributed by atoms with Gasteiger partial charge in [-0.15, -0.1) is 0 Å². The highest BCUT2D eigenvalue weighted by atomic mass is 16.5. The Labute approximate surface area is 164 Å². The van der Waals surface area contributed by atoms with Crippen molar-refractivity contribution >= 4 is 17.6 Å². The van der Waals surface area contributed by atoms with Crippen molar-refractivity contribution in [1.29, 1.82) is 0 Å². The molecule has 0 spiro atoms. The summed E-state index contributed by atoms with van der Waals surface area (Å²) in [5.74, 6) is -0.179. The van der Waals surface area contributed by atoms with Gasteiger partial charge in [0.2, 0.25) is 5.91 Å². The average molecular weight is 384 g/mol. The molecule has 28 heavy (non-hydrogen) atoms. The lowest BCUT2D eigenvalue weighted by Gasteiger charge is -2.10. The molecule has 0 bridgehead atoms. The van der Waals surface area contributed by atoms with E-state index in [0.29, 0.717) is 22.6 Å². The highest BCUT2D eigenvalue weighted by molar-refractivity contribution is 5.99. The summed E-state index contributed by atoms with van der Waals surface area (Å²) in [6.07, 6.45) is 0.931. The van der Waals surface area contributed by atoms with Gasteiger partial charge in [-0.3, -0.25) is 25.2 Å². The maximum Gasteiger partial charge on any atom is 0.269 e. The summed E-state index contributed by atoms with van der Waals surface area (Å²) in [6.45, 7) is 2.04. The van der Waals surface area contributed by atoms with Crippen LogP contribution in [0.4, 0.5) is 0 Å². The Morgan fingerprint density at radius 3 is 2.07 bits per heavy atom. The fraction of sp³-hybridized carbons (Fsp3) is 0.286. The molecule has 0 atom stereocenters. The monoisotopic (exact) mass is 384 g/mol. The van der Waals surface area contributed by atoms with Gasteiger partial charge in [0.05, 0.1) is 14.2 Å². The summed E-state index contributed by atoms with van der Waals surface area (Å²) < 4.78 is 10.3. The fourth-order valence-corrected chi connectivity index (χ4v) is 2.54. The van der Waals surface area contributed by atoms with Crippen LogP contribution in [0.5, 0.6) is 11.5 Å². The SMILES string of the molecule is CCc1ccc(C(=O)CCC(=O)NNC(=O)c2ccc(OC)c(OC)c2)cc1. The van der Waals surface area contributed by atoms with Gasteiger partial charge >= 0.3 is 0 Å². The Kier molecular flexibility index (Phi) is 7.56. The molecule has 7 heteroatoms. The minimum Gasteiger partial charge on any atom is -0.493 e. The highest BCUT2D eigenvalue weighted by Gasteiger charge is 2.13. The van der Waals surface area contributed by atoms with Crippen molar-refractivity contribution < 1.29 is 23.9 Å². The van der Waals surface area contributed by atoms with Gasteiger partial charge in [-0.25, -0.2) is 0 Å². The Balaban J connectivity index is 1.83.